The van der Waals surface area contributed by atoms with Crippen LogP contribution in [0.15, 0.2) is 75.2 Å². The Morgan fingerprint density at radius 1 is 1.11 bits per heavy atom. The van der Waals surface area contributed by atoms with Crippen molar-refractivity contribution in [3.8, 4) is 11.4 Å². The summed E-state index contributed by atoms with van der Waals surface area (Å²) >= 11 is 4.74. The van der Waals surface area contributed by atoms with Gasteiger partial charge in [-0.1, -0.05) is 53.7 Å². The number of thioether (sulfide) groups is 1. The molecule has 38 heavy (non-hydrogen) atoms. The van der Waals surface area contributed by atoms with Gasteiger partial charge >= 0.3 is 0 Å². The minimum absolute atomic E-state index is 0.109. The molecule has 1 amide bonds. The number of benzene rings is 3. The molecule has 0 aliphatic carbocycles. The monoisotopic (exact) mass is 616 g/mol. The smallest absolute Gasteiger partial charge is 0.243 e. The Hall–Kier alpha value is -2.86. The molecule has 0 bridgehead atoms. The lowest BCUT2D eigenvalue weighted by molar-refractivity contribution is -0.113. The molecule has 1 aromatic heterocycles. The van der Waals surface area contributed by atoms with E-state index in [-0.39, 0.29) is 16.6 Å². The van der Waals surface area contributed by atoms with Crippen LogP contribution in [-0.4, -0.2) is 54.1 Å². The second kappa shape index (κ2) is 11.9. The zero-order valence-corrected chi connectivity index (χ0v) is 24.8. The summed E-state index contributed by atoms with van der Waals surface area (Å²) in [5.41, 5.74) is 3.68. The van der Waals surface area contributed by atoms with Crippen LogP contribution in [0.25, 0.3) is 16.7 Å². The molecule has 0 aliphatic heterocycles. The number of amides is 1. The molecule has 4 aromatic rings. The molecule has 4 rings (SSSR count). The summed E-state index contributed by atoms with van der Waals surface area (Å²) in [6.45, 7) is 6.33. The fourth-order valence-corrected chi connectivity index (χ4v) is 6.65. The van der Waals surface area contributed by atoms with Crippen LogP contribution in [0.2, 0.25) is 0 Å². The number of methoxy groups -OCH3 is 1. The molecule has 3 aromatic carbocycles. The van der Waals surface area contributed by atoms with Crippen LogP contribution in [0.3, 0.4) is 0 Å². The van der Waals surface area contributed by atoms with Gasteiger partial charge in [-0.15, -0.1) is 0 Å². The lowest BCUT2D eigenvalue weighted by Crippen LogP contribution is -2.30. The summed E-state index contributed by atoms with van der Waals surface area (Å²) in [4.78, 5) is 17.7. The number of hydrogen-bond donors (Lipinski definition) is 1. The molecule has 8 nitrogen and oxygen atoms in total. The van der Waals surface area contributed by atoms with Crippen LogP contribution in [0, 0.1) is 6.92 Å². The SMILES string of the molecule is CCN(CC)S(=O)(=O)c1ccc2c(c1)nc(SCC(=O)Nc1ccc(Br)c(C)c1)n2-c1ccccc1OC. The van der Waals surface area contributed by atoms with E-state index in [0.29, 0.717) is 40.7 Å². The summed E-state index contributed by atoms with van der Waals surface area (Å²) in [5, 5.41) is 3.47. The highest BCUT2D eigenvalue weighted by atomic mass is 79.9. The molecule has 0 fully saturated rings. The average molecular weight is 618 g/mol. The van der Waals surface area contributed by atoms with Crippen molar-refractivity contribution in [1.82, 2.24) is 13.9 Å². The van der Waals surface area contributed by atoms with Gasteiger partial charge in [-0.3, -0.25) is 9.36 Å². The van der Waals surface area contributed by atoms with Gasteiger partial charge in [-0.05, 0) is 61.0 Å². The van der Waals surface area contributed by atoms with Gasteiger partial charge in [0.2, 0.25) is 15.9 Å². The van der Waals surface area contributed by atoms with Crippen LogP contribution in [0.1, 0.15) is 19.4 Å². The number of hydrogen-bond acceptors (Lipinski definition) is 6. The van der Waals surface area contributed by atoms with Crippen molar-refractivity contribution in [3.63, 3.8) is 0 Å². The number of aromatic nitrogens is 2. The van der Waals surface area contributed by atoms with E-state index in [9.17, 15) is 13.2 Å². The lowest BCUT2D eigenvalue weighted by atomic mass is 10.2. The Labute approximate surface area is 235 Å². The number of aryl methyl sites for hydroxylation is 1. The van der Waals surface area contributed by atoms with Crippen molar-refractivity contribution in [1.29, 1.82) is 0 Å². The topological polar surface area (TPSA) is 93.5 Å². The van der Waals surface area contributed by atoms with E-state index >= 15 is 0 Å². The fraction of sp³-hybridized carbons (Fsp3) is 0.259. The summed E-state index contributed by atoms with van der Waals surface area (Å²) in [6.07, 6.45) is 0. The number of sulfonamides is 1. The number of carbonyl (C=O) groups is 1. The number of halogens is 1. The second-order valence-electron chi connectivity index (χ2n) is 8.44. The maximum Gasteiger partial charge on any atom is 0.243 e. The summed E-state index contributed by atoms with van der Waals surface area (Å²) < 4.78 is 36.2. The number of anilines is 1. The van der Waals surface area contributed by atoms with Crippen LogP contribution in [0.4, 0.5) is 5.69 Å². The van der Waals surface area contributed by atoms with Gasteiger partial charge in [-0.2, -0.15) is 4.31 Å². The molecular formula is C27H29BrN4O4S2. The van der Waals surface area contributed by atoms with E-state index in [1.54, 1.807) is 25.3 Å². The maximum absolute atomic E-state index is 13.1. The second-order valence-corrected chi connectivity index (χ2v) is 12.2. The third kappa shape index (κ3) is 5.75. The highest BCUT2D eigenvalue weighted by Gasteiger charge is 2.24. The normalized spacial score (nSPS) is 11.7. The van der Waals surface area contributed by atoms with Gasteiger partial charge < -0.3 is 10.1 Å². The van der Waals surface area contributed by atoms with Crippen molar-refractivity contribution >= 4 is 60.3 Å². The third-order valence-corrected chi connectivity index (χ3v) is 9.91. The number of para-hydroxylation sites is 2. The van der Waals surface area contributed by atoms with Gasteiger partial charge in [0.1, 0.15) is 5.75 Å². The first-order chi connectivity index (χ1) is 18.2. The molecule has 0 unspecified atom stereocenters. The molecular weight excluding hydrogens is 588 g/mol. The quantitative estimate of drug-likeness (QED) is 0.224. The van der Waals surface area contributed by atoms with Crippen molar-refractivity contribution < 1.29 is 17.9 Å². The molecule has 0 radical (unpaired) electrons. The first kappa shape index (κ1) is 28.2. The standard InChI is InChI=1S/C27H29BrN4O4S2/c1-5-31(6-2)38(34,35)20-12-14-23-22(16-20)30-27(32(23)24-9-7-8-10-25(24)36-4)37-17-26(33)29-19-11-13-21(28)18(3)15-19/h7-16H,5-6,17H2,1-4H3,(H,29,33). The number of imidazole rings is 1. The van der Waals surface area contributed by atoms with Gasteiger partial charge in [0.15, 0.2) is 5.16 Å². The van der Waals surface area contributed by atoms with Crippen molar-refractivity contribution in [3.05, 3.63) is 70.7 Å². The lowest BCUT2D eigenvalue weighted by Gasteiger charge is -2.18. The molecule has 0 aliphatic rings. The Morgan fingerprint density at radius 2 is 1.84 bits per heavy atom. The van der Waals surface area contributed by atoms with Gasteiger partial charge in [-0.25, -0.2) is 13.4 Å². The van der Waals surface area contributed by atoms with E-state index in [2.05, 4.69) is 21.2 Å². The maximum atomic E-state index is 13.1. The molecule has 0 saturated carbocycles. The number of fused-ring (bicyclic) bond motifs is 1. The molecule has 11 heteroatoms. The van der Waals surface area contributed by atoms with E-state index < -0.39 is 10.0 Å². The molecule has 0 spiro atoms. The van der Waals surface area contributed by atoms with Crippen LogP contribution in [0.5, 0.6) is 5.75 Å². The third-order valence-electron chi connectivity index (χ3n) is 6.04. The number of rotatable bonds is 10. The molecule has 0 atom stereocenters. The van der Waals surface area contributed by atoms with Crippen LogP contribution in [-0.2, 0) is 14.8 Å². The Morgan fingerprint density at radius 3 is 2.53 bits per heavy atom. The number of nitrogens with one attached hydrogen (secondary N) is 1. The number of nitrogens with zero attached hydrogens (tertiary/aromatic N) is 3. The Balaban J connectivity index is 1.72. The zero-order valence-electron chi connectivity index (χ0n) is 21.6. The zero-order chi connectivity index (χ0) is 27.4. The largest absolute Gasteiger partial charge is 0.495 e. The van der Waals surface area contributed by atoms with Gasteiger partial charge in [0.25, 0.3) is 0 Å². The van der Waals surface area contributed by atoms with E-state index in [0.717, 1.165) is 15.7 Å². The first-order valence-corrected chi connectivity index (χ1v) is 15.3. The summed E-state index contributed by atoms with van der Waals surface area (Å²) in [5.74, 6) is 0.557. The van der Waals surface area contributed by atoms with Crippen molar-refractivity contribution in [2.24, 2.45) is 0 Å². The average Bonchev–Trinajstić information content (AvgIpc) is 3.27. The Bertz CT molecular complexity index is 1580. The highest BCUT2D eigenvalue weighted by Crippen LogP contribution is 2.34. The highest BCUT2D eigenvalue weighted by molar-refractivity contribution is 9.10. The molecule has 1 heterocycles. The minimum atomic E-state index is -3.66. The van der Waals surface area contributed by atoms with Crippen molar-refractivity contribution in [2.45, 2.75) is 30.8 Å². The van der Waals surface area contributed by atoms with E-state index in [4.69, 9.17) is 9.72 Å². The number of ether oxygens (including phenoxy) is 1. The van der Waals surface area contributed by atoms with Crippen LogP contribution < -0.4 is 10.1 Å². The fourth-order valence-electron chi connectivity index (χ4n) is 4.10. The first-order valence-electron chi connectivity index (χ1n) is 12.0. The molecule has 1 N–H and O–H groups in total. The van der Waals surface area contributed by atoms with E-state index in [1.807, 2.05) is 67.8 Å². The predicted molar refractivity (Wildman–Crippen MR) is 156 cm³/mol. The predicted octanol–water partition coefficient (Wildman–Crippen LogP) is 5.87. The van der Waals surface area contributed by atoms with Crippen molar-refractivity contribution in [2.75, 3.05) is 31.3 Å². The summed E-state index contributed by atoms with van der Waals surface area (Å²) in [6, 6.07) is 18.1. The number of carbonyl (C=O) groups excluding carboxylic acids is 1. The molecule has 200 valence electrons. The van der Waals surface area contributed by atoms with E-state index in [1.165, 1.54) is 16.1 Å². The molecule has 0 saturated heterocycles. The minimum Gasteiger partial charge on any atom is -0.495 e. The van der Waals surface area contributed by atoms with Gasteiger partial charge in [0.05, 0.1) is 34.5 Å². The Kier molecular flexibility index (Phi) is 8.81. The van der Waals surface area contributed by atoms with Crippen LogP contribution >= 0.6 is 27.7 Å². The summed E-state index contributed by atoms with van der Waals surface area (Å²) in [7, 11) is -2.07. The van der Waals surface area contributed by atoms with Gasteiger partial charge in [0, 0.05) is 23.2 Å².